The van der Waals surface area contributed by atoms with Gasteiger partial charge in [-0.15, -0.1) is 0 Å². The van der Waals surface area contributed by atoms with Crippen molar-refractivity contribution < 1.29 is 9.59 Å². The maximum absolute atomic E-state index is 12.9. The number of piperazine rings is 1. The van der Waals surface area contributed by atoms with Crippen molar-refractivity contribution in [2.24, 2.45) is 0 Å². The Kier molecular flexibility index (Phi) is 6.69. The topological polar surface area (TPSA) is 65.5 Å². The van der Waals surface area contributed by atoms with Crippen LogP contribution in [0.1, 0.15) is 20.7 Å². The second-order valence-corrected chi connectivity index (χ2v) is 7.57. The van der Waals surface area contributed by atoms with Gasteiger partial charge in [0.1, 0.15) is 0 Å². The molecule has 6 heteroatoms. The lowest BCUT2D eigenvalue weighted by molar-refractivity contribution is 0.0638. The number of nitrogens with one attached hydrogen (secondary N) is 1. The first-order valence-electron chi connectivity index (χ1n) is 10.6. The molecule has 0 unspecified atom stereocenters. The van der Waals surface area contributed by atoms with Gasteiger partial charge >= 0.3 is 0 Å². The fourth-order valence-corrected chi connectivity index (χ4v) is 3.73. The first-order chi connectivity index (χ1) is 15.2. The van der Waals surface area contributed by atoms with Crippen LogP contribution in [0.3, 0.4) is 0 Å². The van der Waals surface area contributed by atoms with Gasteiger partial charge in [0.05, 0.1) is 0 Å². The molecule has 2 heterocycles. The summed E-state index contributed by atoms with van der Waals surface area (Å²) in [7, 11) is 0. The van der Waals surface area contributed by atoms with Crippen LogP contribution < -0.4 is 5.32 Å². The fraction of sp³-hybridized carbons (Fsp3) is 0.240. The minimum atomic E-state index is -0.0878. The zero-order valence-electron chi connectivity index (χ0n) is 17.4. The number of benzene rings is 2. The number of aromatic nitrogens is 1. The molecule has 0 atom stereocenters. The zero-order valence-corrected chi connectivity index (χ0v) is 17.4. The highest BCUT2D eigenvalue weighted by molar-refractivity contribution is 5.95. The largest absolute Gasteiger partial charge is 0.351 e. The quantitative estimate of drug-likeness (QED) is 0.674. The molecule has 1 aliphatic rings. The maximum atomic E-state index is 12.9. The third-order valence-electron chi connectivity index (χ3n) is 5.55. The Morgan fingerprint density at radius 2 is 1.42 bits per heavy atom. The summed E-state index contributed by atoms with van der Waals surface area (Å²) in [6.45, 7) is 4.34. The molecule has 0 radical (unpaired) electrons. The van der Waals surface area contributed by atoms with Crippen LogP contribution >= 0.6 is 0 Å². The second-order valence-electron chi connectivity index (χ2n) is 7.57. The molecule has 1 aliphatic heterocycles. The maximum Gasteiger partial charge on any atom is 0.253 e. The lowest BCUT2D eigenvalue weighted by Gasteiger charge is -2.34. The Morgan fingerprint density at radius 3 is 2.10 bits per heavy atom. The molecule has 1 saturated heterocycles. The molecule has 0 aliphatic carbocycles. The van der Waals surface area contributed by atoms with Crippen LogP contribution in [0, 0.1) is 0 Å². The summed E-state index contributed by atoms with van der Waals surface area (Å²) in [6, 6.07) is 21.4. The van der Waals surface area contributed by atoms with Crippen LogP contribution in [0.4, 0.5) is 0 Å². The Labute approximate surface area is 182 Å². The number of carbonyl (C=O) groups excluding carboxylic acids is 2. The lowest BCUT2D eigenvalue weighted by Crippen LogP contribution is -2.50. The fourth-order valence-electron chi connectivity index (χ4n) is 3.73. The van der Waals surface area contributed by atoms with Gasteiger partial charge in [-0.2, -0.15) is 0 Å². The predicted octanol–water partition coefficient (Wildman–Crippen LogP) is 2.94. The van der Waals surface area contributed by atoms with Crippen LogP contribution in [0.2, 0.25) is 0 Å². The van der Waals surface area contributed by atoms with Crippen LogP contribution in [-0.4, -0.2) is 65.9 Å². The normalized spacial score (nSPS) is 14.3. The van der Waals surface area contributed by atoms with Gasteiger partial charge in [-0.05, 0) is 35.4 Å². The van der Waals surface area contributed by atoms with Gasteiger partial charge in [0, 0.05) is 62.8 Å². The molecule has 1 aromatic heterocycles. The van der Waals surface area contributed by atoms with E-state index >= 15 is 0 Å². The van der Waals surface area contributed by atoms with Crippen molar-refractivity contribution in [3.8, 4) is 11.1 Å². The second kappa shape index (κ2) is 10.00. The number of amides is 2. The average Bonchev–Trinajstić information content (AvgIpc) is 2.85. The summed E-state index contributed by atoms with van der Waals surface area (Å²) in [5, 5.41) is 2.94. The van der Waals surface area contributed by atoms with Gasteiger partial charge < -0.3 is 10.2 Å². The highest BCUT2D eigenvalue weighted by Crippen LogP contribution is 2.20. The molecule has 4 rings (SSSR count). The summed E-state index contributed by atoms with van der Waals surface area (Å²) < 4.78 is 0. The summed E-state index contributed by atoms with van der Waals surface area (Å²) >= 11 is 0. The first-order valence-corrected chi connectivity index (χ1v) is 10.6. The van der Waals surface area contributed by atoms with E-state index in [4.69, 9.17) is 0 Å². The van der Waals surface area contributed by atoms with Crippen LogP contribution in [0.5, 0.6) is 0 Å². The molecule has 31 heavy (non-hydrogen) atoms. The van der Waals surface area contributed by atoms with E-state index in [1.165, 1.54) is 0 Å². The molecule has 3 aromatic rings. The Hall–Kier alpha value is -3.51. The van der Waals surface area contributed by atoms with E-state index < -0.39 is 0 Å². The van der Waals surface area contributed by atoms with E-state index in [0.29, 0.717) is 25.2 Å². The first kappa shape index (κ1) is 20.8. The number of nitrogens with zero attached hydrogens (tertiary/aromatic N) is 3. The number of rotatable bonds is 6. The van der Waals surface area contributed by atoms with Crippen molar-refractivity contribution in [1.82, 2.24) is 20.1 Å². The molecule has 2 aromatic carbocycles. The molecule has 0 spiro atoms. The van der Waals surface area contributed by atoms with Crippen LogP contribution in [-0.2, 0) is 0 Å². The van der Waals surface area contributed by atoms with Crippen molar-refractivity contribution >= 4 is 11.8 Å². The van der Waals surface area contributed by atoms with Gasteiger partial charge in [-0.1, -0.05) is 42.5 Å². The SMILES string of the molecule is O=C(NCCN1CCN(C(=O)c2ccc(-c3ccccc3)cc2)CC1)c1ccncc1. The third kappa shape index (κ3) is 5.35. The van der Waals surface area contributed by atoms with Crippen LogP contribution in [0.15, 0.2) is 79.1 Å². The molecule has 0 bridgehead atoms. The summed E-state index contributed by atoms with van der Waals surface area (Å²) in [5.74, 6) is -0.0135. The van der Waals surface area contributed by atoms with E-state index in [0.717, 1.165) is 36.3 Å². The van der Waals surface area contributed by atoms with Gasteiger partial charge in [-0.25, -0.2) is 0 Å². The average molecular weight is 415 g/mol. The Balaban J connectivity index is 1.23. The number of pyridine rings is 1. The van der Waals surface area contributed by atoms with Crippen molar-refractivity contribution in [1.29, 1.82) is 0 Å². The van der Waals surface area contributed by atoms with E-state index in [2.05, 4.69) is 27.3 Å². The van der Waals surface area contributed by atoms with Gasteiger partial charge in [-0.3, -0.25) is 19.5 Å². The van der Waals surface area contributed by atoms with E-state index in [1.807, 2.05) is 47.4 Å². The monoisotopic (exact) mass is 414 g/mol. The molecule has 158 valence electrons. The standard InChI is InChI=1S/C25H26N4O2/c30-24(22-10-12-26-13-11-22)27-14-15-28-16-18-29(19-17-28)25(31)23-8-6-21(7-9-23)20-4-2-1-3-5-20/h1-13H,14-19H2,(H,27,30). The highest BCUT2D eigenvalue weighted by Gasteiger charge is 2.22. The summed E-state index contributed by atoms with van der Waals surface area (Å²) in [4.78, 5) is 33.1. The Morgan fingerprint density at radius 1 is 0.774 bits per heavy atom. The molecular weight excluding hydrogens is 388 g/mol. The van der Waals surface area contributed by atoms with Gasteiger partial charge in [0.25, 0.3) is 11.8 Å². The van der Waals surface area contributed by atoms with E-state index in [1.54, 1.807) is 24.5 Å². The molecule has 2 amide bonds. The summed E-state index contributed by atoms with van der Waals surface area (Å²) in [6.07, 6.45) is 3.22. The van der Waals surface area contributed by atoms with Crippen LogP contribution in [0.25, 0.3) is 11.1 Å². The lowest BCUT2D eigenvalue weighted by atomic mass is 10.0. The minimum Gasteiger partial charge on any atom is -0.351 e. The third-order valence-corrected chi connectivity index (χ3v) is 5.55. The number of hydrogen-bond donors (Lipinski definition) is 1. The predicted molar refractivity (Wildman–Crippen MR) is 121 cm³/mol. The smallest absolute Gasteiger partial charge is 0.253 e. The molecular formula is C25H26N4O2. The molecule has 0 saturated carbocycles. The Bertz CT molecular complexity index is 999. The molecule has 1 fully saturated rings. The van der Waals surface area contributed by atoms with Gasteiger partial charge in [0.15, 0.2) is 0 Å². The van der Waals surface area contributed by atoms with Crippen molar-refractivity contribution in [2.75, 3.05) is 39.3 Å². The van der Waals surface area contributed by atoms with E-state index in [-0.39, 0.29) is 11.8 Å². The molecule has 1 N–H and O–H groups in total. The van der Waals surface area contributed by atoms with Crippen molar-refractivity contribution in [3.05, 3.63) is 90.3 Å². The minimum absolute atomic E-state index is 0.0743. The zero-order chi connectivity index (χ0) is 21.5. The van der Waals surface area contributed by atoms with Crippen molar-refractivity contribution in [2.45, 2.75) is 0 Å². The molecule has 6 nitrogen and oxygen atoms in total. The summed E-state index contributed by atoms with van der Waals surface area (Å²) in [5.41, 5.74) is 3.59. The van der Waals surface area contributed by atoms with Gasteiger partial charge in [0.2, 0.25) is 0 Å². The number of carbonyl (C=O) groups is 2. The highest BCUT2D eigenvalue weighted by atomic mass is 16.2. The van der Waals surface area contributed by atoms with E-state index in [9.17, 15) is 9.59 Å². The van der Waals surface area contributed by atoms with Crippen molar-refractivity contribution in [3.63, 3.8) is 0 Å². The number of hydrogen-bond acceptors (Lipinski definition) is 4.